The van der Waals surface area contributed by atoms with E-state index in [1.807, 2.05) is 23.5 Å². The molecule has 0 spiro atoms. The third-order valence-electron chi connectivity index (χ3n) is 11.5. The van der Waals surface area contributed by atoms with Crippen LogP contribution in [0.1, 0.15) is 22.7 Å². The average Bonchev–Trinajstić information content (AvgIpc) is 3.88. The molecule has 0 aliphatic carbocycles. The van der Waals surface area contributed by atoms with Crippen LogP contribution in [-0.4, -0.2) is 10.8 Å². The van der Waals surface area contributed by atoms with Gasteiger partial charge in [-0.15, -0.1) is 11.3 Å². The van der Waals surface area contributed by atoms with Crippen molar-refractivity contribution in [2.24, 2.45) is 4.99 Å². The van der Waals surface area contributed by atoms with Crippen LogP contribution in [0.15, 0.2) is 197 Å². The predicted octanol–water partition coefficient (Wildman–Crippen LogP) is 14.1. The number of thiophene rings is 1. The first-order valence-electron chi connectivity index (χ1n) is 19.6. The van der Waals surface area contributed by atoms with Crippen molar-refractivity contribution >= 4 is 86.7 Å². The molecule has 11 aromatic rings. The Labute approximate surface area is 338 Å². The number of benzene rings is 8. The first kappa shape index (κ1) is 32.9. The monoisotopic (exact) mass is 759 g/mol. The van der Waals surface area contributed by atoms with E-state index in [9.17, 15) is 0 Å². The van der Waals surface area contributed by atoms with Gasteiger partial charge in [0.25, 0.3) is 0 Å². The number of aliphatic imine (C=N–C) groups is 1. The van der Waals surface area contributed by atoms with E-state index in [1.165, 1.54) is 20.2 Å². The molecule has 0 amide bonds. The molecule has 4 nitrogen and oxygen atoms in total. The summed E-state index contributed by atoms with van der Waals surface area (Å²) >= 11 is 1.83. The molecule has 0 bridgehead atoms. The van der Waals surface area contributed by atoms with Crippen LogP contribution < -0.4 is 5.32 Å². The molecule has 0 saturated carbocycles. The average molecular weight is 760 g/mol. The molecule has 0 saturated heterocycles. The zero-order valence-corrected chi connectivity index (χ0v) is 32.0. The number of aromatic nitrogens is 1. The lowest BCUT2D eigenvalue weighted by Gasteiger charge is -2.25. The molecule has 4 heterocycles. The lowest BCUT2D eigenvalue weighted by Crippen LogP contribution is -2.31. The van der Waals surface area contributed by atoms with E-state index in [0.717, 1.165) is 94.2 Å². The van der Waals surface area contributed by atoms with Crippen LogP contribution in [0.5, 0.6) is 0 Å². The van der Waals surface area contributed by atoms with Gasteiger partial charge in [-0.3, -0.25) is 0 Å². The third-order valence-corrected chi connectivity index (χ3v) is 12.7. The molecule has 8 aromatic carbocycles. The highest BCUT2D eigenvalue weighted by molar-refractivity contribution is 7.25. The van der Waals surface area contributed by atoms with Crippen LogP contribution in [0, 0.1) is 0 Å². The van der Waals surface area contributed by atoms with Crippen LogP contribution in [0.25, 0.3) is 91.9 Å². The lowest BCUT2D eigenvalue weighted by molar-refractivity contribution is 0.674. The minimum Gasteiger partial charge on any atom is -0.455 e. The first-order chi connectivity index (χ1) is 28.7. The van der Waals surface area contributed by atoms with Crippen molar-refractivity contribution in [3.63, 3.8) is 0 Å². The number of nitrogens with zero attached hydrogens (tertiary/aromatic N) is 2. The van der Waals surface area contributed by atoms with Gasteiger partial charge in [0.2, 0.25) is 0 Å². The molecule has 0 fully saturated rings. The van der Waals surface area contributed by atoms with E-state index in [2.05, 4.69) is 181 Å². The Kier molecular flexibility index (Phi) is 7.43. The number of pyridine rings is 1. The number of hydrogen-bond donors (Lipinski definition) is 1. The first-order valence-corrected chi connectivity index (χ1v) is 20.4. The van der Waals surface area contributed by atoms with E-state index in [-0.39, 0.29) is 6.04 Å². The molecule has 58 heavy (non-hydrogen) atoms. The molecule has 1 N–H and O–H groups in total. The summed E-state index contributed by atoms with van der Waals surface area (Å²) in [5.74, 6) is 0.862. The maximum absolute atomic E-state index is 7.02. The zero-order valence-electron chi connectivity index (χ0n) is 31.2. The number of amidine groups is 1. The Morgan fingerprint density at radius 3 is 1.97 bits per heavy atom. The number of nitrogens with one attached hydrogen (secondary N) is 1. The normalized spacial score (nSPS) is 14.4. The topological polar surface area (TPSA) is 50.4 Å². The summed E-state index contributed by atoms with van der Waals surface area (Å²) in [6.07, 6.45) is 2.27. The Morgan fingerprint density at radius 1 is 0.466 bits per heavy atom. The van der Waals surface area contributed by atoms with Gasteiger partial charge >= 0.3 is 0 Å². The van der Waals surface area contributed by atoms with Crippen LogP contribution in [0.4, 0.5) is 0 Å². The minimum atomic E-state index is -0.0917. The fourth-order valence-corrected chi connectivity index (χ4v) is 9.93. The molecule has 12 rings (SSSR count). The van der Waals surface area contributed by atoms with Crippen molar-refractivity contribution in [1.82, 2.24) is 10.3 Å². The van der Waals surface area contributed by atoms with Crippen molar-refractivity contribution in [2.75, 3.05) is 0 Å². The molecule has 0 radical (unpaired) electrons. The van der Waals surface area contributed by atoms with Crippen molar-refractivity contribution in [3.8, 4) is 22.4 Å². The maximum atomic E-state index is 7.02. The van der Waals surface area contributed by atoms with Gasteiger partial charge in [-0.25, -0.2) is 9.98 Å². The van der Waals surface area contributed by atoms with Gasteiger partial charge < -0.3 is 9.73 Å². The smallest absolute Gasteiger partial charge is 0.144 e. The summed E-state index contributed by atoms with van der Waals surface area (Å²) in [5.41, 5.74) is 11.3. The van der Waals surface area contributed by atoms with Crippen LogP contribution in [0.3, 0.4) is 0 Å². The van der Waals surface area contributed by atoms with Gasteiger partial charge in [0, 0.05) is 69.4 Å². The number of rotatable bonds is 5. The van der Waals surface area contributed by atoms with Crippen molar-refractivity contribution in [1.29, 1.82) is 0 Å². The Morgan fingerprint density at radius 2 is 1.12 bits per heavy atom. The molecule has 1 aliphatic rings. The van der Waals surface area contributed by atoms with E-state index < -0.39 is 0 Å². The molecule has 272 valence electrons. The number of hydrogen-bond acceptors (Lipinski definition) is 5. The van der Waals surface area contributed by atoms with Gasteiger partial charge in [-0.1, -0.05) is 158 Å². The summed E-state index contributed by atoms with van der Waals surface area (Å²) in [4.78, 5) is 10.4. The molecular formula is C53H33N3OS. The highest BCUT2D eigenvalue weighted by Gasteiger charge is 2.23. The van der Waals surface area contributed by atoms with Gasteiger partial charge in [0.1, 0.15) is 17.0 Å². The second-order valence-electron chi connectivity index (χ2n) is 14.9. The second-order valence-corrected chi connectivity index (χ2v) is 16.0. The van der Waals surface area contributed by atoms with Crippen molar-refractivity contribution in [2.45, 2.75) is 6.04 Å². The van der Waals surface area contributed by atoms with E-state index in [0.29, 0.717) is 0 Å². The Bertz CT molecular complexity index is 3470. The number of furan rings is 1. The summed E-state index contributed by atoms with van der Waals surface area (Å²) < 4.78 is 9.57. The quantitative estimate of drug-likeness (QED) is 0.178. The van der Waals surface area contributed by atoms with Crippen molar-refractivity contribution < 1.29 is 4.42 Å². The molecular weight excluding hydrogens is 727 g/mol. The number of para-hydroxylation sites is 2. The molecule has 5 heteroatoms. The fourth-order valence-electron chi connectivity index (χ4n) is 8.80. The summed E-state index contributed by atoms with van der Waals surface area (Å²) in [6, 6.07) is 64.2. The third kappa shape index (κ3) is 5.21. The lowest BCUT2D eigenvalue weighted by atomic mass is 9.95. The summed E-state index contributed by atoms with van der Waals surface area (Å²) in [6.45, 7) is 0. The van der Waals surface area contributed by atoms with Crippen LogP contribution in [0.2, 0.25) is 0 Å². The SMILES string of the molecule is C1=C(c2cccc3sc4ccccc4c23)N=C(c2ccccc2)NC1c1ccc(-c2cccc3c2oc2c3ccc3c(-c4ccccc4)nc4ccccc4c32)cc1. The van der Waals surface area contributed by atoms with Gasteiger partial charge in [0.15, 0.2) is 0 Å². The van der Waals surface area contributed by atoms with Crippen LogP contribution >= 0.6 is 11.3 Å². The fraction of sp³-hybridized carbons (Fsp3) is 0.0189. The van der Waals surface area contributed by atoms with Gasteiger partial charge in [-0.2, -0.15) is 0 Å². The number of fused-ring (bicyclic) bond motifs is 10. The van der Waals surface area contributed by atoms with E-state index in [1.54, 1.807) is 0 Å². The second kappa shape index (κ2) is 13.1. The van der Waals surface area contributed by atoms with Gasteiger partial charge in [0.05, 0.1) is 22.9 Å². The molecule has 1 atom stereocenters. The van der Waals surface area contributed by atoms with Crippen LogP contribution in [-0.2, 0) is 0 Å². The standard InChI is InChI=1S/C53H33N3OS/c1-3-13-34(14-4-1)50-42-30-29-38-37-20-11-19-36(51(37)57-52(38)49(42)39-17-7-9-22-43(39)54-50)32-25-27-33(28-26-32)44-31-45(56-53(55-44)35-15-5-2-6-16-35)40-21-12-24-47-48(40)41-18-8-10-23-46(41)58-47/h1-31,44H,(H,55,56). The van der Waals surface area contributed by atoms with E-state index >= 15 is 0 Å². The van der Waals surface area contributed by atoms with E-state index in [4.69, 9.17) is 14.4 Å². The maximum Gasteiger partial charge on any atom is 0.144 e. The Balaban J connectivity index is 0.981. The molecule has 3 aromatic heterocycles. The Hall–Kier alpha value is -7.34. The van der Waals surface area contributed by atoms with Crippen molar-refractivity contribution in [3.05, 3.63) is 205 Å². The summed E-state index contributed by atoms with van der Waals surface area (Å²) in [5, 5.41) is 11.8. The predicted molar refractivity (Wildman–Crippen MR) is 244 cm³/mol. The highest BCUT2D eigenvalue weighted by Crippen LogP contribution is 2.44. The molecule has 1 unspecified atom stereocenters. The zero-order chi connectivity index (χ0) is 38.2. The molecule has 1 aliphatic heterocycles. The largest absolute Gasteiger partial charge is 0.455 e. The minimum absolute atomic E-state index is 0.0917. The van der Waals surface area contributed by atoms with Gasteiger partial charge in [-0.05, 0) is 41.5 Å². The summed E-state index contributed by atoms with van der Waals surface area (Å²) in [7, 11) is 0. The highest BCUT2D eigenvalue weighted by atomic mass is 32.1.